The molecular formula is C23H16N2O2. The summed E-state index contributed by atoms with van der Waals surface area (Å²) in [6, 6.07) is 24.8. The second-order valence-corrected chi connectivity index (χ2v) is 6.70. The highest BCUT2D eigenvalue weighted by Gasteiger charge is 2.36. The monoisotopic (exact) mass is 352 g/mol. The first-order valence-corrected chi connectivity index (χ1v) is 8.81. The van der Waals surface area contributed by atoms with Gasteiger partial charge in [-0.1, -0.05) is 60.2 Å². The van der Waals surface area contributed by atoms with Gasteiger partial charge in [0.05, 0.1) is 17.1 Å². The van der Waals surface area contributed by atoms with Gasteiger partial charge in [-0.2, -0.15) is 0 Å². The van der Waals surface area contributed by atoms with Gasteiger partial charge in [0.2, 0.25) is 5.78 Å². The average Bonchev–Trinajstić information content (AvgIpc) is 3.17. The summed E-state index contributed by atoms with van der Waals surface area (Å²) in [4.78, 5) is 26.3. The minimum atomic E-state index is -0.294. The lowest BCUT2D eigenvalue weighted by Gasteiger charge is -2.15. The van der Waals surface area contributed by atoms with Crippen LogP contribution in [0.5, 0.6) is 0 Å². The zero-order chi connectivity index (χ0) is 18.5. The molecule has 4 heteroatoms. The van der Waals surface area contributed by atoms with E-state index in [-0.39, 0.29) is 16.9 Å². The molecule has 1 aliphatic rings. The average molecular weight is 352 g/mol. The Hall–Kier alpha value is -3.66. The molecule has 1 aliphatic carbocycles. The fourth-order valence-electron chi connectivity index (χ4n) is 3.71. The zero-order valence-corrected chi connectivity index (χ0v) is 14.7. The molecule has 27 heavy (non-hydrogen) atoms. The Morgan fingerprint density at radius 3 is 1.93 bits per heavy atom. The highest BCUT2D eigenvalue weighted by molar-refractivity contribution is 6.21. The number of hydrogen-bond acceptors (Lipinski definition) is 2. The second-order valence-electron chi connectivity index (χ2n) is 6.70. The SMILES string of the molecule is Cc1ccc(-n2c3c(c(=O)n2-c2ccccc2)C(=O)c2ccccc2-3)cc1. The number of aromatic nitrogens is 2. The van der Waals surface area contributed by atoms with Gasteiger partial charge in [-0.3, -0.25) is 9.59 Å². The van der Waals surface area contributed by atoms with Crippen molar-refractivity contribution < 1.29 is 4.79 Å². The fraction of sp³-hybridized carbons (Fsp3) is 0.0435. The van der Waals surface area contributed by atoms with Crippen molar-refractivity contribution in [2.75, 3.05) is 0 Å². The molecule has 0 unspecified atom stereocenters. The standard InChI is InChI=1S/C23H16N2O2/c1-15-11-13-17(14-12-15)24-21-18-9-5-6-10-19(18)22(26)20(21)23(27)25(24)16-7-3-2-4-8-16/h2-14H,1H3. The van der Waals surface area contributed by atoms with Gasteiger partial charge in [0.25, 0.3) is 5.56 Å². The van der Waals surface area contributed by atoms with Crippen LogP contribution in [0.25, 0.3) is 22.6 Å². The van der Waals surface area contributed by atoms with E-state index in [0.29, 0.717) is 11.3 Å². The van der Waals surface area contributed by atoms with Gasteiger partial charge in [-0.25, -0.2) is 9.36 Å². The van der Waals surface area contributed by atoms with Crippen molar-refractivity contribution in [3.05, 3.63) is 106 Å². The van der Waals surface area contributed by atoms with E-state index in [2.05, 4.69) is 0 Å². The van der Waals surface area contributed by atoms with Crippen molar-refractivity contribution in [2.24, 2.45) is 0 Å². The molecule has 0 amide bonds. The van der Waals surface area contributed by atoms with Gasteiger partial charge in [-0.05, 0) is 31.2 Å². The first-order chi connectivity index (χ1) is 13.2. The Balaban J connectivity index is 1.93. The fourth-order valence-corrected chi connectivity index (χ4v) is 3.71. The summed E-state index contributed by atoms with van der Waals surface area (Å²) in [5.41, 5.74) is 4.68. The van der Waals surface area contributed by atoms with Crippen LogP contribution < -0.4 is 5.56 Å². The number of benzene rings is 3. The van der Waals surface area contributed by atoms with Crippen molar-refractivity contribution in [3.63, 3.8) is 0 Å². The first kappa shape index (κ1) is 15.6. The summed E-state index contributed by atoms with van der Waals surface area (Å²) < 4.78 is 3.44. The second kappa shape index (κ2) is 5.68. The quantitative estimate of drug-likeness (QED) is 0.479. The molecule has 0 saturated heterocycles. The molecular weight excluding hydrogens is 336 g/mol. The number of rotatable bonds is 2. The molecule has 4 nitrogen and oxygen atoms in total. The third kappa shape index (κ3) is 2.16. The van der Waals surface area contributed by atoms with E-state index in [1.54, 1.807) is 10.7 Å². The van der Waals surface area contributed by atoms with Gasteiger partial charge in [0.15, 0.2) is 0 Å². The maximum absolute atomic E-state index is 13.3. The van der Waals surface area contributed by atoms with Gasteiger partial charge in [0, 0.05) is 11.1 Å². The maximum atomic E-state index is 13.3. The smallest absolute Gasteiger partial charge is 0.283 e. The molecule has 0 fully saturated rings. The number of aryl methyl sites for hydroxylation is 1. The Labute approximate surface area is 155 Å². The maximum Gasteiger partial charge on any atom is 0.283 e. The number of carbonyl (C=O) groups excluding carboxylic acids is 1. The van der Waals surface area contributed by atoms with Crippen LogP contribution in [0.2, 0.25) is 0 Å². The minimum Gasteiger partial charge on any atom is -0.288 e. The molecule has 1 heterocycles. The van der Waals surface area contributed by atoms with E-state index < -0.39 is 0 Å². The van der Waals surface area contributed by atoms with Crippen LogP contribution >= 0.6 is 0 Å². The van der Waals surface area contributed by atoms with Gasteiger partial charge < -0.3 is 0 Å². The Morgan fingerprint density at radius 1 is 0.630 bits per heavy atom. The molecule has 0 aliphatic heterocycles. The molecule has 1 aromatic heterocycles. The largest absolute Gasteiger partial charge is 0.288 e. The molecule has 0 bridgehead atoms. The van der Waals surface area contributed by atoms with Crippen LogP contribution in [0.4, 0.5) is 0 Å². The molecule has 0 atom stereocenters. The summed E-state index contributed by atoms with van der Waals surface area (Å²) in [6.07, 6.45) is 0. The lowest BCUT2D eigenvalue weighted by molar-refractivity contribution is 0.104. The van der Waals surface area contributed by atoms with Crippen LogP contribution in [-0.2, 0) is 0 Å². The van der Waals surface area contributed by atoms with E-state index in [1.165, 1.54) is 0 Å². The first-order valence-electron chi connectivity index (χ1n) is 8.81. The summed E-state index contributed by atoms with van der Waals surface area (Å²) in [7, 11) is 0. The Morgan fingerprint density at radius 2 is 1.22 bits per heavy atom. The number of nitrogens with zero attached hydrogens (tertiary/aromatic N) is 2. The summed E-state index contributed by atoms with van der Waals surface area (Å²) >= 11 is 0. The highest BCUT2D eigenvalue weighted by atomic mass is 16.2. The van der Waals surface area contributed by atoms with Crippen LogP contribution in [0.15, 0.2) is 83.7 Å². The molecule has 0 radical (unpaired) electrons. The lowest BCUT2D eigenvalue weighted by atomic mass is 10.1. The normalized spacial score (nSPS) is 12.1. The topological polar surface area (TPSA) is 44.0 Å². The van der Waals surface area contributed by atoms with Crippen molar-refractivity contribution >= 4 is 5.78 Å². The van der Waals surface area contributed by atoms with Gasteiger partial charge >= 0.3 is 0 Å². The predicted octanol–water partition coefficient (Wildman–Crippen LogP) is 4.15. The highest BCUT2D eigenvalue weighted by Crippen LogP contribution is 2.37. The van der Waals surface area contributed by atoms with Crippen LogP contribution in [0.1, 0.15) is 21.5 Å². The van der Waals surface area contributed by atoms with Crippen LogP contribution in [-0.4, -0.2) is 15.1 Å². The van der Waals surface area contributed by atoms with Crippen molar-refractivity contribution in [3.8, 4) is 22.6 Å². The van der Waals surface area contributed by atoms with Gasteiger partial charge in [-0.15, -0.1) is 0 Å². The summed E-state index contributed by atoms with van der Waals surface area (Å²) in [6.45, 7) is 2.02. The van der Waals surface area contributed by atoms with E-state index in [9.17, 15) is 9.59 Å². The molecule has 0 N–H and O–H groups in total. The molecule has 5 rings (SSSR count). The number of ketones is 1. The number of carbonyl (C=O) groups is 1. The van der Waals surface area contributed by atoms with Crippen LogP contribution in [0, 0.1) is 6.92 Å². The van der Waals surface area contributed by atoms with E-state index in [0.717, 1.165) is 22.5 Å². The van der Waals surface area contributed by atoms with E-state index in [1.807, 2.05) is 84.4 Å². The van der Waals surface area contributed by atoms with E-state index in [4.69, 9.17) is 0 Å². The number of para-hydroxylation sites is 1. The van der Waals surface area contributed by atoms with Crippen molar-refractivity contribution in [2.45, 2.75) is 6.92 Å². The van der Waals surface area contributed by atoms with Crippen molar-refractivity contribution in [1.29, 1.82) is 0 Å². The molecule has 3 aromatic carbocycles. The number of fused-ring (bicyclic) bond motifs is 3. The Kier molecular flexibility index (Phi) is 3.28. The molecule has 130 valence electrons. The molecule has 0 saturated carbocycles. The predicted molar refractivity (Wildman–Crippen MR) is 105 cm³/mol. The lowest BCUT2D eigenvalue weighted by Crippen LogP contribution is -2.23. The third-order valence-corrected chi connectivity index (χ3v) is 4.99. The van der Waals surface area contributed by atoms with Crippen molar-refractivity contribution in [1.82, 2.24) is 9.36 Å². The summed E-state index contributed by atoms with van der Waals surface area (Å²) in [5.74, 6) is -0.207. The number of hydrogen-bond donors (Lipinski definition) is 0. The Bertz CT molecular complexity index is 1250. The molecule has 0 spiro atoms. The zero-order valence-electron chi connectivity index (χ0n) is 14.7. The van der Waals surface area contributed by atoms with Crippen LogP contribution in [0.3, 0.4) is 0 Å². The third-order valence-electron chi connectivity index (χ3n) is 4.99. The van der Waals surface area contributed by atoms with Gasteiger partial charge in [0.1, 0.15) is 5.56 Å². The minimum absolute atomic E-state index is 0.207. The van der Waals surface area contributed by atoms with E-state index >= 15 is 0 Å². The molecule has 4 aromatic rings. The summed E-state index contributed by atoms with van der Waals surface area (Å²) in [5, 5.41) is 0.